The highest BCUT2D eigenvalue weighted by molar-refractivity contribution is 9.10. The molecule has 3 fully saturated rings. The molecule has 2 bridgehead atoms. The first kappa shape index (κ1) is 25.6. The van der Waals surface area contributed by atoms with Crippen LogP contribution in [0.5, 0.6) is 5.75 Å². The number of carbonyl (C=O) groups excluding carboxylic acids is 2. The number of rotatable bonds is 5. The predicted molar refractivity (Wildman–Crippen MR) is 162 cm³/mol. The zero-order valence-corrected chi connectivity index (χ0v) is 25.0. The second-order valence-electron chi connectivity index (χ2n) is 11.3. The number of hydrogen-bond donors (Lipinski definition) is 1. The quantitative estimate of drug-likeness (QED) is 0.252. The van der Waals surface area contributed by atoms with Gasteiger partial charge in [0.15, 0.2) is 0 Å². The maximum absolute atomic E-state index is 13.9. The molecule has 3 heterocycles. The summed E-state index contributed by atoms with van der Waals surface area (Å²) in [5.41, 5.74) is 2.86. The van der Waals surface area contributed by atoms with E-state index in [1.165, 1.54) is 16.2 Å². The van der Waals surface area contributed by atoms with E-state index in [0.29, 0.717) is 12.3 Å². The number of anilines is 1. The molecular weight excluding hydrogens is 620 g/mol. The molecule has 2 amide bonds. The molecule has 0 radical (unpaired) electrons. The van der Waals surface area contributed by atoms with Crippen molar-refractivity contribution in [1.82, 2.24) is 4.98 Å². The van der Waals surface area contributed by atoms with Crippen LogP contribution in [0.3, 0.4) is 0 Å². The molecule has 2 saturated carbocycles. The van der Waals surface area contributed by atoms with E-state index >= 15 is 0 Å². The molecule has 4 aliphatic rings. The molecule has 4 aromatic rings. The topological polar surface area (TPSA) is 79.5 Å². The van der Waals surface area contributed by atoms with Gasteiger partial charge in [-0.15, -0.1) is 11.8 Å². The summed E-state index contributed by atoms with van der Waals surface area (Å²) in [5.74, 6) is 0.374. The van der Waals surface area contributed by atoms with E-state index < -0.39 is 0 Å². The van der Waals surface area contributed by atoms with Crippen LogP contribution >= 0.6 is 39.0 Å². The molecular formula is C32H25BrN2O4S2. The fraction of sp³-hybridized carbons (Fsp3) is 0.281. The third-order valence-electron chi connectivity index (χ3n) is 9.30. The second kappa shape index (κ2) is 9.71. The summed E-state index contributed by atoms with van der Waals surface area (Å²) in [5, 5.41) is 1.08. The summed E-state index contributed by atoms with van der Waals surface area (Å²) < 4.78 is 6.94. The van der Waals surface area contributed by atoms with Gasteiger partial charge >= 0.3 is 4.87 Å². The van der Waals surface area contributed by atoms with Gasteiger partial charge in [0, 0.05) is 20.5 Å². The molecule has 9 heteroatoms. The maximum atomic E-state index is 13.9. The summed E-state index contributed by atoms with van der Waals surface area (Å²) in [4.78, 5) is 45.7. The normalized spacial score (nSPS) is 29.4. The summed E-state index contributed by atoms with van der Waals surface area (Å²) in [6.07, 6.45) is 0.872. The number of imide groups is 1. The van der Waals surface area contributed by atoms with Gasteiger partial charge in [-0.05, 0) is 71.7 Å². The number of ether oxygens (including phenoxy) is 1. The van der Waals surface area contributed by atoms with Gasteiger partial charge in [-0.1, -0.05) is 69.7 Å². The number of carbonyl (C=O) groups is 2. The minimum Gasteiger partial charge on any atom is -0.489 e. The zero-order valence-electron chi connectivity index (χ0n) is 21.7. The van der Waals surface area contributed by atoms with Crippen molar-refractivity contribution in [3.63, 3.8) is 0 Å². The third kappa shape index (κ3) is 4.00. The van der Waals surface area contributed by atoms with E-state index in [4.69, 9.17) is 4.74 Å². The Balaban J connectivity index is 1.13. The number of benzene rings is 3. The lowest BCUT2D eigenvalue weighted by Gasteiger charge is -2.43. The van der Waals surface area contributed by atoms with E-state index in [1.54, 1.807) is 11.8 Å². The van der Waals surface area contributed by atoms with Crippen LogP contribution in [0.25, 0.3) is 0 Å². The molecule has 6 nitrogen and oxygen atoms in total. The lowest BCUT2D eigenvalue weighted by molar-refractivity contribution is -0.123. The minimum atomic E-state index is -0.314. The molecule has 1 aromatic heterocycles. The van der Waals surface area contributed by atoms with Crippen LogP contribution in [-0.2, 0) is 16.2 Å². The Kier molecular flexibility index (Phi) is 6.05. The van der Waals surface area contributed by atoms with Gasteiger partial charge in [-0.2, -0.15) is 0 Å². The van der Waals surface area contributed by atoms with Crippen LogP contribution in [-0.4, -0.2) is 22.0 Å². The van der Waals surface area contributed by atoms with E-state index in [0.717, 1.165) is 37.7 Å². The Morgan fingerprint density at radius 1 is 0.878 bits per heavy atom. The summed E-state index contributed by atoms with van der Waals surface area (Å²) in [6, 6.07) is 25.7. The van der Waals surface area contributed by atoms with Crippen molar-refractivity contribution in [3.05, 3.63) is 109 Å². The standard InChI is InChI=1S/C32H25BrN2O4S2/c33-18-8-10-19(11-9-18)35-30(36)25-21-14-22(26(25)31(35)37)27-24(21)23(28-29(40-27)34-32(38)41-28)17-6-12-20(13-7-17)39-15-16-4-2-1-3-5-16/h1-13,21-27H,14-15H2,(H,34,38)/t21?,22?,23-,24?,25?,26?,27?/m1/s1. The fourth-order valence-electron chi connectivity index (χ4n) is 7.75. The highest BCUT2D eigenvalue weighted by Crippen LogP contribution is 2.68. The minimum absolute atomic E-state index is 0.0102. The third-order valence-corrected chi connectivity index (χ3v) is 12.4. The van der Waals surface area contributed by atoms with Gasteiger partial charge < -0.3 is 9.72 Å². The van der Waals surface area contributed by atoms with Crippen molar-refractivity contribution >= 4 is 56.5 Å². The highest BCUT2D eigenvalue weighted by atomic mass is 79.9. The number of nitrogens with one attached hydrogen (secondary N) is 1. The Bertz CT molecular complexity index is 1720. The first-order valence-corrected chi connectivity index (χ1v) is 16.3. The van der Waals surface area contributed by atoms with Crippen LogP contribution in [0.2, 0.25) is 0 Å². The van der Waals surface area contributed by atoms with Crippen molar-refractivity contribution in [2.75, 3.05) is 4.90 Å². The highest BCUT2D eigenvalue weighted by Gasteiger charge is 2.69. The number of thiazole rings is 1. The fourth-order valence-corrected chi connectivity index (χ4v) is 10.9. The largest absolute Gasteiger partial charge is 0.489 e. The predicted octanol–water partition coefficient (Wildman–Crippen LogP) is 6.46. The molecule has 41 heavy (non-hydrogen) atoms. The molecule has 2 aliphatic heterocycles. The molecule has 1 saturated heterocycles. The number of aromatic amines is 1. The summed E-state index contributed by atoms with van der Waals surface area (Å²) in [6.45, 7) is 0.492. The number of hydrogen-bond acceptors (Lipinski definition) is 6. The molecule has 6 unspecified atom stereocenters. The number of H-pyrrole nitrogens is 1. The molecule has 206 valence electrons. The van der Waals surface area contributed by atoms with Crippen LogP contribution in [0, 0.1) is 29.6 Å². The van der Waals surface area contributed by atoms with Crippen LogP contribution in [0.1, 0.15) is 28.3 Å². The van der Waals surface area contributed by atoms with Gasteiger partial charge in [0.25, 0.3) is 0 Å². The Morgan fingerprint density at radius 3 is 2.32 bits per heavy atom. The number of thioether (sulfide) groups is 1. The Morgan fingerprint density at radius 2 is 1.59 bits per heavy atom. The second-order valence-corrected chi connectivity index (χ2v) is 14.4. The molecule has 1 N–H and O–H groups in total. The van der Waals surface area contributed by atoms with Crippen molar-refractivity contribution in [2.45, 2.75) is 29.2 Å². The first-order chi connectivity index (χ1) is 20.0. The molecule has 0 spiro atoms. The van der Waals surface area contributed by atoms with Gasteiger partial charge in [-0.25, -0.2) is 0 Å². The zero-order chi connectivity index (χ0) is 27.8. The van der Waals surface area contributed by atoms with Gasteiger partial charge in [0.1, 0.15) is 12.4 Å². The Labute approximate surface area is 253 Å². The van der Waals surface area contributed by atoms with Crippen LogP contribution in [0.4, 0.5) is 5.69 Å². The monoisotopic (exact) mass is 644 g/mol. The molecule has 7 atom stereocenters. The number of nitrogens with zero attached hydrogens (tertiary/aromatic N) is 1. The smallest absolute Gasteiger partial charge is 0.305 e. The average Bonchev–Trinajstić information content (AvgIpc) is 3.72. The van der Waals surface area contributed by atoms with Crippen LogP contribution in [0.15, 0.2) is 93.2 Å². The van der Waals surface area contributed by atoms with Gasteiger partial charge in [-0.3, -0.25) is 19.3 Å². The summed E-state index contributed by atoms with van der Waals surface area (Å²) >= 11 is 6.44. The SMILES string of the molecule is O=C1C2C3CC(C2C(=O)N1c1ccc(Br)cc1)C1C3Sc2[nH]c(=O)sc2[C@@H]1c1ccc(OCc2ccccc2)cc1. The average molecular weight is 646 g/mol. The summed E-state index contributed by atoms with van der Waals surface area (Å²) in [7, 11) is 0. The Hall–Kier alpha value is -3.14. The lowest BCUT2D eigenvalue weighted by Crippen LogP contribution is -2.42. The number of fused-ring (bicyclic) bond motifs is 9. The van der Waals surface area contributed by atoms with Gasteiger partial charge in [0.05, 0.1) is 22.5 Å². The lowest BCUT2D eigenvalue weighted by atomic mass is 9.68. The molecule has 3 aromatic carbocycles. The number of amides is 2. The van der Waals surface area contributed by atoms with Crippen LogP contribution < -0.4 is 14.5 Å². The van der Waals surface area contributed by atoms with E-state index in [1.807, 2.05) is 66.7 Å². The van der Waals surface area contributed by atoms with Gasteiger partial charge in [0.2, 0.25) is 11.8 Å². The van der Waals surface area contributed by atoms with E-state index in [2.05, 4.69) is 33.0 Å². The van der Waals surface area contributed by atoms with Crippen molar-refractivity contribution in [2.24, 2.45) is 29.6 Å². The maximum Gasteiger partial charge on any atom is 0.305 e. The first-order valence-electron chi connectivity index (χ1n) is 13.8. The van der Waals surface area contributed by atoms with Crippen molar-refractivity contribution < 1.29 is 14.3 Å². The van der Waals surface area contributed by atoms with Crippen molar-refractivity contribution in [1.29, 1.82) is 0 Å². The molecule has 8 rings (SSSR count). The number of halogens is 1. The van der Waals surface area contributed by atoms with E-state index in [9.17, 15) is 14.4 Å². The number of aromatic nitrogens is 1. The molecule has 2 aliphatic carbocycles. The van der Waals surface area contributed by atoms with Crippen molar-refractivity contribution in [3.8, 4) is 5.75 Å². The van der Waals surface area contributed by atoms with E-state index in [-0.39, 0.29) is 57.4 Å².